The van der Waals surface area contributed by atoms with Crippen LogP contribution in [0.4, 0.5) is 0 Å². The largest absolute Gasteiger partial charge is 0.353 e. The minimum absolute atomic E-state index is 0.271. The van der Waals surface area contributed by atoms with E-state index in [9.17, 15) is 4.79 Å². The Bertz CT molecular complexity index is 257. The second-order valence-corrected chi connectivity index (χ2v) is 6.10. The van der Waals surface area contributed by atoms with Crippen molar-refractivity contribution in [3.05, 3.63) is 0 Å². The van der Waals surface area contributed by atoms with Crippen molar-refractivity contribution in [3.63, 3.8) is 0 Å². The first-order chi connectivity index (χ1) is 8.78. The Morgan fingerprint density at radius 2 is 2.17 bits per heavy atom. The van der Waals surface area contributed by atoms with Gasteiger partial charge in [-0.1, -0.05) is 19.8 Å². The van der Waals surface area contributed by atoms with Crippen molar-refractivity contribution >= 4 is 5.91 Å². The summed E-state index contributed by atoms with van der Waals surface area (Å²) >= 11 is 0. The fraction of sp³-hybridized carbons (Fsp3) is 0.933. The number of hydrogen-bond acceptors (Lipinski definition) is 2. The molecular weight excluding hydrogens is 224 g/mol. The highest BCUT2D eigenvalue weighted by Gasteiger charge is 2.25. The van der Waals surface area contributed by atoms with Crippen molar-refractivity contribution in [2.24, 2.45) is 11.8 Å². The number of amides is 1. The quantitative estimate of drug-likeness (QED) is 0.731. The van der Waals surface area contributed by atoms with E-state index in [1.165, 1.54) is 32.1 Å². The van der Waals surface area contributed by atoms with E-state index in [-0.39, 0.29) is 5.91 Å². The zero-order chi connectivity index (χ0) is 12.8. The fourth-order valence-electron chi connectivity index (χ4n) is 2.89. The Morgan fingerprint density at radius 3 is 2.78 bits per heavy atom. The maximum absolute atomic E-state index is 11.9. The third-order valence-corrected chi connectivity index (χ3v) is 4.35. The van der Waals surface area contributed by atoms with Crippen LogP contribution in [0.2, 0.25) is 0 Å². The molecule has 18 heavy (non-hydrogen) atoms. The summed E-state index contributed by atoms with van der Waals surface area (Å²) in [5.74, 6) is 1.89. The fourth-order valence-corrected chi connectivity index (χ4v) is 2.89. The molecule has 1 heterocycles. The zero-order valence-electron chi connectivity index (χ0n) is 11.7. The Kier molecular flexibility index (Phi) is 5.48. The highest BCUT2D eigenvalue weighted by molar-refractivity contribution is 5.76. The van der Waals surface area contributed by atoms with Gasteiger partial charge in [-0.05, 0) is 57.0 Å². The molecule has 0 aromatic rings. The number of rotatable bonds is 7. The van der Waals surface area contributed by atoms with Crippen LogP contribution in [0.1, 0.15) is 58.3 Å². The van der Waals surface area contributed by atoms with Gasteiger partial charge in [-0.15, -0.1) is 0 Å². The van der Waals surface area contributed by atoms with Crippen LogP contribution in [0, 0.1) is 11.8 Å². The summed E-state index contributed by atoms with van der Waals surface area (Å²) in [6, 6.07) is 0.425. The van der Waals surface area contributed by atoms with E-state index in [4.69, 9.17) is 0 Å². The monoisotopic (exact) mass is 252 g/mol. The first kappa shape index (κ1) is 13.9. The number of carbonyl (C=O) groups excluding carboxylic acids is 1. The molecule has 1 saturated heterocycles. The van der Waals surface area contributed by atoms with Crippen LogP contribution in [-0.4, -0.2) is 25.0 Å². The van der Waals surface area contributed by atoms with E-state index in [0.29, 0.717) is 18.4 Å². The molecule has 0 bridgehead atoms. The van der Waals surface area contributed by atoms with Crippen molar-refractivity contribution < 1.29 is 4.79 Å². The Balaban J connectivity index is 1.60. The number of piperidine rings is 1. The molecule has 2 unspecified atom stereocenters. The molecule has 2 aliphatic rings. The topological polar surface area (TPSA) is 41.1 Å². The normalized spacial score (nSPS) is 25.7. The summed E-state index contributed by atoms with van der Waals surface area (Å²) < 4.78 is 0. The summed E-state index contributed by atoms with van der Waals surface area (Å²) in [6.45, 7) is 4.44. The first-order valence-corrected chi connectivity index (χ1v) is 7.78. The average Bonchev–Trinajstić information content (AvgIpc) is 3.21. The Hall–Kier alpha value is -0.570. The predicted molar refractivity (Wildman–Crippen MR) is 74.4 cm³/mol. The van der Waals surface area contributed by atoms with Crippen LogP contribution in [0.3, 0.4) is 0 Å². The molecule has 0 aromatic carbocycles. The van der Waals surface area contributed by atoms with E-state index in [1.54, 1.807) is 0 Å². The van der Waals surface area contributed by atoms with Gasteiger partial charge in [0.25, 0.3) is 0 Å². The van der Waals surface area contributed by atoms with Crippen LogP contribution >= 0.6 is 0 Å². The van der Waals surface area contributed by atoms with E-state index >= 15 is 0 Å². The summed E-state index contributed by atoms with van der Waals surface area (Å²) in [7, 11) is 0. The first-order valence-electron chi connectivity index (χ1n) is 7.78. The summed E-state index contributed by atoms with van der Waals surface area (Å²) in [4.78, 5) is 11.9. The summed E-state index contributed by atoms with van der Waals surface area (Å²) in [5.41, 5.74) is 0. The standard InChI is InChI=1S/C15H28N2O/c1-2-14(10-12-5-6-12)17-15(18)8-7-13-4-3-9-16-11-13/h12-14,16H,2-11H2,1H3,(H,17,18). The van der Waals surface area contributed by atoms with Gasteiger partial charge in [0.2, 0.25) is 5.91 Å². The molecule has 1 aliphatic heterocycles. The maximum Gasteiger partial charge on any atom is 0.220 e. The van der Waals surface area contributed by atoms with Gasteiger partial charge in [0, 0.05) is 12.5 Å². The molecule has 3 nitrogen and oxygen atoms in total. The smallest absolute Gasteiger partial charge is 0.220 e. The zero-order valence-corrected chi connectivity index (χ0v) is 11.7. The summed E-state index contributed by atoms with van der Waals surface area (Å²) in [5, 5.41) is 6.63. The van der Waals surface area contributed by atoms with Gasteiger partial charge < -0.3 is 10.6 Å². The van der Waals surface area contributed by atoms with Gasteiger partial charge in [-0.3, -0.25) is 4.79 Å². The second-order valence-electron chi connectivity index (χ2n) is 6.10. The SMILES string of the molecule is CCC(CC1CC1)NC(=O)CCC1CCCNC1. The molecule has 0 aromatic heterocycles. The lowest BCUT2D eigenvalue weighted by Gasteiger charge is -2.23. The molecule has 2 rings (SSSR count). The minimum atomic E-state index is 0.271. The molecule has 1 saturated carbocycles. The lowest BCUT2D eigenvalue weighted by Crippen LogP contribution is -2.36. The van der Waals surface area contributed by atoms with Crippen molar-refractivity contribution in [3.8, 4) is 0 Å². The molecule has 0 radical (unpaired) electrons. The molecule has 1 aliphatic carbocycles. The lowest BCUT2D eigenvalue weighted by molar-refractivity contribution is -0.122. The van der Waals surface area contributed by atoms with Crippen molar-refractivity contribution in [2.45, 2.75) is 64.3 Å². The highest BCUT2D eigenvalue weighted by atomic mass is 16.1. The number of hydrogen-bond donors (Lipinski definition) is 2. The molecular formula is C15H28N2O. The van der Waals surface area contributed by atoms with Crippen LogP contribution in [0.15, 0.2) is 0 Å². The van der Waals surface area contributed by atoms with Crippen LogP contribution in [0.25, 0.3) is 0 Å². The molecule has 1 amide bonds. The highest BCUT2D eigenvalue weighted by Crippen LogP contribution is 2.34. The van der Waals surface area contributed by atoms with Gasteiger partial charge in [-0.2, -0.15) is 0 Å². The van der Waals surface area contributed by atoms with Gasteiger partial charge in [0.1, 0.15) is 0 Å². The van der Waals surface area contributed by atoms with Gasteiger partial charge in [0.05, 0.1) is 0 Å². The molecule has 2 atom stereocenters. The molecule has 0 spiro atoms. The van der Waals surface area contributed by atoms with E-state index in [0.717, 1.165) is 31.8 Å². The van der Waals surface area contributed by atoms with Gasteiger partial charge in [-0.25, -0.2) is 0 Å². The molecule has 2 fully saturated rings. The van der Waals surface area contributed by atoms with E-state index < -0.39 is 0 Å². The molecule has 3 heteroatoms. The number of carbonyl (C=O) groups is 1. The Morgan fingerprint density at radius 1 is 1.33 bits per heavy atom. The Labute approximate surface area is 111 Å². The molecule has 2 N–H and O–H groups in total. The van der Waals surface area contributed by atoms with E-state index in [1.807, 2.05) is 0 Å². The number of nitrogens with one attached hydrogen (secondary N) is 2. The maximum atomic E-state index is 11.9. The van der Waals surface area contributed by atoms with Gasteiger partial charge >= 0.3 is 0 Å². The minimum Gasteiger partial charge on any atom is -0.353 e. The average molecular weight is 252 g/mol. The third kappa shape index (κ3) is 4.97. The van der Waals surface area contributed by atoms with Crippen molar-refractivity contribution in [1.29, 1.82) is 0 Å². The van der Waals surface area contributed by atoms with Crippen LogP contribution < -0.4 is 10.6 Å². The van der Waals surface area contributed by atoms with Gasteiger partial charge in [0.15, 0.2) is 0 Å². The van der Waals surface area contributed by atoms with Crippen LogP contribution in [0.5, 0.6) is 0 Å². The second kappa shape index (κ2) is 7.13. The van der Waals surface area contributed by atoms with E-state index in [2.05, 4.69) is 17.6 Å². The third-order valence-electron chi connectivity index (χ3n) is 4.35. The summed E-state index contributed by atoms with van der Waals surface area (Å²) in [6.07, 6.45) is 9.36. The molecule has 104 valence electrons. The van der Waals surface area contributed by atoms with Crippen LogP contribution in [-0.2, 0) is 4.79 Å². The predicted octanol–water partition coefficient (Wildman–Crippen LogP) is 2.46. The van der Waals surface area contributed by atoms with Crippen molar-refractivity contribution in [2.75, 3.05) is 13.1 Å². The lowest BCUT2D eigenvalue weighted by atomic mass is 9.94. The van der Waals surface area contributed by atoms with Crippen molar-refractivity contribution in [1.82, 2.24) is 10.6 Å².